The van der Waals surface area contributed by atoms with Gasteiger partial charge < -0.3 is 9.63 Å². The summed E-state index contributed by atoms with van der Waals surface area (Å²) in [7, 11) is 0. The van der Waals surface area contributed by atoms with Crippen LogP contribution in [-0.2, 0) is 29.6 Å². The molecule has 0 amide bonds. The van der Waals surface area contributed by atoms with Gasteiger partial charge in [-0.1, -0.05) is 42.4 Å². The second-order valence-electron chi connectivity index (χ2n) is 8.91. The Labute approximate surface area is 184 Å². The van der Waals surface area contributed by atoms with Crippen LogP contribution in [0.5, 0.6) is 0 Å². The summed E-state index contributed by atoms with van der Waals surface area (Å²) in [6, 6.07) is 10.6. The standard InChI is InChI=1S/C24H23N5O3/c1-14-19-8-7-18-21(16-10-25-29(12-16)13-20(30)31)27-28-23(18)24(19,17-5-3-2-4-6-17)9-15-11-26-32-22(14)15/h2-6,10-12,14,19H,7-9,13H2,1H3,(H,27,28)(H,30,31)/t14-,19-,24+/m0/s1. The number of carboxylic acid groups (broad SMARTS) is 1. The Morgan fingerprint density at radius 3 is 2.97 bits per heavy atom. The number of H-pyrrole nitrogens is 1. The van der Waals surface area contributed by atoms with Gasteiger partial charge in [0.2, 0.25) is 0 Å². The van der Waals surface area contributed by atoms with Crippen molar-refractivity contribution in [1.82, 2.24) is 25.1 Å². The van der Waals surface area contributed by atoms with E-state index in [0.717, 1.165) is 47.5 Å². The van der Waals surface area contributed by atoms with Crippen LogP contribution < -0.4 is 0 Å². The normalized spacial score (nSPS) is 23.9. The van der Waals surface area contributed by atoms with E-state index in [4.69, 9.17) is 14.7 Å². The molecule has 162 valence electrons. The van der Waals surface area contributed by atoms with E-state index in [0.29, 0.717) is 5.92 Å². The molecule has 8 nitrogen and oxygen atoms in total. The molecule has 0 spiro atoms. The summed E-state index contributed by atoms with van der Waals surface area (Å²) in [6.07, 6.45) is 8.01. The lowest BCUT2D eigenvalue weighted by atomic mass is 9.53. The number of hydrogen-bond donors (Lipinski definition) is 2. The number of benzene rings is 1. The maximum atomic E-state index is 11.1. The van der Waals surface area contributed by atoms with Gasteiger partial charge in [0.1, 0.15) is 12.3 Å². The SMILES string of the molecule is C[C@@H]1c2oncc2C[C@]2(c3ccccc3)c3n[nH]c(-c4cnn(CC(=O)O)c4)c3CC[C@@H]12. The van der Waals surface area contributed by atoms with Gasteiger partial charge in [-0.3, -0.25) is 14.6 Å². The molecule has 2 N–H and O–H groups in total. The van der Waals surface area contributed by atoms with Crippen molar-refractivity contribution in [3.05, 3.63) is 77.1 Å². The largest absolute Gasteiger partial charge is 0.480 e. The molecule has 6 rings (SSSR count). The van der Waals surface area contributed by atoms with E-state index in [1.165, 1.54) is 15.8 Å². The van der Waals surface area contributed by atoms with Crippen molar-refractivity contribution in [3.8, 4) is 11.3 Å². The highest BCUT2D eigenvalue weighted by Gasteiger charge is 2.54. The van der Waals surface area contributed by atoms with Crippen molar-refractivity contribution in [2.75, 3.05) is 0 Å². The third-order valence-electron chi connectivity index (χ3n) is 7.30. The quantitative estimate of drug-likeness (QED) is 0.513. The molecule has 0 aliphatic heterocycles. The first-order valence-corrected chi connectivity index (χ1v) is 10.9. The fourth-order valence-corrected chi connectivity index (χ4v) is 6.00. The Balaban J connectivity index is 1.53. The van der Waals surface area contributed by atoms with E-state index >= 15 is 0 Å². The first-order valence-electron chi connectivity index (χ1n) is 10.9. The summed E-state index contributed by atoms with van der Waals surface area (Å²) in [5.41, 5.74) is 6.16. The second kappa shape index (κ2) is 6.91. The lowest BCUT2D eigenvalue weighted by molar-refractivity contribution is -0.137. The predicted octanol–water partition coefficient (Wildman–Crippen LogP) is 3.55. The molecule has 3 aromatic heterocycles. The lowest BCUT2D eigenvalue weighted by Crippen LogP contribution is -2.47. The van der Waals surface area contributed by atoms with Crippen LogP contribution in [0, 0.1) is 5.92 Å². The van der Waals surface area contributed by atoms with Crippen LogP contribution in [0.1, 0.15) is 47.4 Å². The Morgan fingerprint density at radius 1 is 1.31 bits per heavy atom. The number of rotatable bonds is 4. The van der Waals surface area contributed by atoms with E-state index in [2.05, 4.69) is 46.5 Å². The van der Waals surface area contributed by atoms with Crippen LogP contribution in [0.25, 0.3) is 11.3 Å². The summed E-state index contributed by atoms with van der Waals surface area (Å²) < 4.78 is 7.10. The van der Waals surface area contributed by atoms with Crippen LogP contribution in [0.3, 0.4) is 0 Å². The monoisotopic (exact) mass is 429 g/mol. The number of carbonyl (C=O) groups is 1. The Bertz CT molecular complexity index is 1300. The minimum Gasteiger partial charge on any atom is -0.480 e. The lowest BCUT2D eigenvalue weighted by Gasteiger charge is -2.48. The first-order chi connectivity index (χ1) is 15.6. The average Bonchev–Trinajstić information content (AvgIpc) is 3.53. The molecule has 0 radical (unpaired) electrons. The first kappa shape index (κ1) is 19.0. The number of hydrogen-bond acceptors (Lipinski definition) is 5. The van der Waals surface area contributed by atoms with Gasteiger partial charge in [0.25, 0.3) is 0 Å². The third-order valence-corrected chi connectivity index (χ3v) is 7.30. The van der Waals surface area contributed by atoms with Crippen LogP contribution in [0.4, 0.5) is 0 Å². The Morgan fingerprint density at radius 2 is 2.16 bits per heavy atom. The number of nitrogens with one attached hydrogen (secondary N) is 1. The molecule has 1 aromatic carbocycles. The average molecular weight is 429 g/mol. The minimum absolute atomic E-state index is 0.167. The van der Waals surface area contributed by atoms with Gasteiger partial charge in [-0.15, -0.1) is 0 Å². The summed E-state index contributed by atoms with van der Waals surface area (Å²) >= 11 is 0. The zero-order valence-corrected chi connectivity index (χ0v) is 17.7. The van der Waals surface area contributed by atoms with Gasteiger partial charge in [-0.25, -0.2) is 0 Å². The van der Waals surface area contributed by atoms with Gasteiger partial charge in [-0.2, -0.15) is 10.2 Å². The summed E-state index contributed by atoms with van der Waals surface area (Å²) in [5, 5.41) is 25.6. The molecule has 0 saturated carbocycles. The molecule has 0 saturated heterocycles. The molecule has 0 fully saturated rings. The van der Waals surface area contributed by atoms with Crippen molar-refractivity contribution < 1.29 is 14.4 Å². The molecule has 3 atom stereocenters. The molecule has 2 aliphatic rings. The predicted molar refractivity (Wildman–Crippen MR) is 115 cm³/mol. The topological polar surface area (TPSA) is 110 Å². The van der Waals surface area contributed by atoms with Crippen LogP contribution in [-0.4, -0.2) is 36.2 Å². The van der Waals surface area contributed by atoms with E-state index in [1.54, 1.807) is 12.4 Å². The van der Waals surface area contributed by atoms with Gasteiger partial charge in [0.15, 0.2) is 0 Å². The molecule has 8 heteroatoms. The molecule has 32 heavy (non-hydrogen) atoms. The van der Waals surface area contributed by atoms with Crippen molar-refractivity contribution in [2.24, 2.45) is 5.92 Å². The van der Waals surface area contributed by atoms with Gasteiger partial charge in [-0.05, 0) is 30.7 Å². The second-order valence-corrected chi connectivity index (χ2v) is 8.91. The fourth-order valence-electron chi connectivity index (χ4n) is 6.00. The fraction of sp³-hybridized carbons (Fsp3) is 0.333. The van der Waals surface area contributed by atoms with Crippen molar-refractivity contribution in [2.45, 2.75) is 44.1 Å². The molecule has 2 aliphatic carbocycles. The summed E-state index contributed by atoms with van der Waals surface area (Å²) in [6.45, 7) is 2.07. The van der Waals surface area contributed by atoms with Crippen molar-refractivity contribution >= 4 is 5.97 Å². The number of fused-ring (bicyclic) bond motifs is 4. The van der Waals surface area contributed by atoms with E-state index in [9.17, 15) is 4.79 Å². The number of carboxylic acids is 1. The highest BCUT2D eigenvalue weighted by Crippen LogP contribution is 2.57. The maximum absolute atomic E-state index is 11.1. The summed E-state index contributed by atoms with van der Waals surface area (Å²) in [4.78, 5) is 11.1. The molecular weight excluding hydrogens is 406 g/mol. The number of aromatic amines is 1. The van der Waals surface area contributed by atoms with Crippen LogP contribution in [0.15, 0.2) is 53.4 Å². The van der Waals surface area contributed by atoms with Crippen molar-refractivity contribution in [1.29, 1.82) is 0 Å². The van der Waals surface area contributed by atoms with E-state index in [1.807, 2.05) is 12.3 Å². The van der Waals surface area contributed by atoms with Gasteiger partial charge in [0.05, 0.1) is 23.8 Å². The molecule has 3 heterocycles. The Hall–Kier alpha value is -3.68. The smallest absolute Gasteiger partial charge is 0.325 e. The third kappa shape index (κ3) is 2.62. The highest BCUT2D eigenvalue weighted by atomic mass is 16.5. The minimum atomic E-state index is -0.919. The van der Waals surface area contributed by atoms with Gasteiger partial charge >= 0.3 is 5.97 Å². The van der Waals surface area contributed by atoms with Crippen LogP contribution in [0.2, 0.25) is 0 Å². The number of nitrogens with zero attached hydrogens (tertiary/aromatic N) is 4. The maximum Gasteiger partial charge on any atom is 0.325 e. The molecule has 4 aromatic rings. The molecular formula is C24H23N5O3. The van der Waals surface area contributed by atoms with Gasteiger partial charge in [0, 0.05) is 34.2 Å². The zero-order valence-electron chi connectivity index (χ0n) is 17.7. The van der Waals surface area contributed by atoms with E-state index in [-0.39, 0.29) is 17.9 Å². The number of aliphatic carboxylic acids is 1. The Kier molecular flexibility index (Phi) is 4.11. The van der Waals surface area contributed by atoms with Crippen molar-refractivity contribution in [3.63, 3.8) is 0 Å². The highest BCUT2D eigenvalue weighted by molar-refractivity contribution is 5.68. The number of aromatic nitrogens is 5. The zero-order chi connectivity index (χ0) is 21.9. The van der Waals surface area contributed by atoms with Crippen LogP contribution >= 0.6 is 0 Å². The van der Waals surface area contributed by atoms with E-state index < -0.39 is 5.97 Å². The molecule has 0 unspecified atom stereocenters. The molecule has 0 bridgehead atoms. The summed E-state index contributed by atoms with van der Waals surface area (Å²) in [5.74, 6) is 0.644.